The second-order valence-electron chi connectivity index (χ2n) is 7.46. The predicted molar refractivity (Wildman–Crippen MR) is 103 cm³/mol. The van der Waals surface area contributed by atoms with Crippen LogP contribution in [0.5, 0.6) is 5.75 Å². The monoisotopic (exact) mass is 409 g/mol. The number of likely N-dealkylation sites (tertiary alicyclic amines) is 1. The van der Waals surface area contributed by atoms with Crippen LogP contribution in [0, 0.1) is 5.41 Å². The van der Waals surface area contributed by atoms with Crippen molar-refractivity contribution < 1.29 is 22.7 Å². The summed E-state index contributed by atoms with van der Waals surface area (Å²) in [7, 11) is -3.64. The number of para-hydroxylation sites is 1. The van der Waals surface area contributed by atoms with Gasteiger partial charge in [0.1, 0.15) is 10.6 Å². The molecule has 8 nitrogen and oxygen atoms in total. The van der Waals surface area contributed by atoms with Crippen LogP contribution >= 0.6 is 0 Å². The van der Waals surface area contributed by atoms with E-state index in [2.05, 4.69) is 5.32 Å². The molecule has 1 saturated heterocycles. The van der Waals surface area contributed by atoms with E-state index in [4.69, 9.17) is 4.74 Å². The topological polar surface area (TPSA) is 96.0 Å². The molecule has 0 atom stereocenters. The highest BCUT2D eigenvalue weighted by atomic mass is 32.2. The van der Waals surface area contributed by atoms with Gasteiger partial charge in [-0.25, -0.2) is 8.42 Å². The van der Waals surface area contributed by atoms with Crippen molar-refractivity contribution in [1.82, 2.24) is 14.5 Å². The number of rotatable bonds is 3. The zero-order chi connectivity index (χ0) is 20.4. The Morgan fingerprint density at radius 3 is 2.54 bits per heavy atom. The largest absolute Gasteiger partial charge is 0.492 e. The van der Waals surface area contributed by atoms with E-state index in [0.29, 0.717) is 51.4 Å². The van der Waals surface area contributed by atoms with Crippen molar-refractivity contribution >= 4 is 21.8 Å². The summed E-state index contributed by atoms with van der Waals surface area (Å²) >= 11 is 0. The Kier molecular flexibility index (Phi) is 5.95. The maximum atomic E-state index is 13.1. The van der Waals surface area contributed by atoms with Crippen molar-refractivity contribution in [2.24, 2.45) is 5.41 Å². The summed E-state index contributed by atoms with van der Waals surface area (Å²) in [4.78, 5) is 25.2. The SMILES string of the molecule is CCN1CC2(CCN(C(=O)CNC(C)=O)CC2)COc2ccccc2S1(=O)=O. The number of piperidine rings is 1. The molecular formula is C19H27N3O5S. The molecule has 1 spiro atoms. The van der Waals surface area contributed by atoms with Crippen molar-refractivity contribution in [2.75, 3.05) is 39.3 Å². The molecule has 2 heterocycles. The fourth-order valence-corrected chi connectivity index (χ4v) is 5.48. The lowest BCUT2D eigenvalue weighted by Gasteiger charge is -2.44. The number of fused-ring (bicyclic) bond motifs is 1. The summed E-state index contributed by atoms with van der Waals surface area (Å²) in [5.74, 6) is 0.0176. The third-order valence-corrected chi connectivity index (χ3v) is 7.49. The molecule has 1 N–H and O–H groups in total. The average Bonchev–Trinajstić information content (AvgIpc) is 2.68. The molecule has 2 aliphatic rings. The van der Waals surface area contributed by atoms with E-state index in [-0.39, 0.29) is 28.7 Å². The molecule has 154 valence electrons. The molecule has 3 rings (SSSR count). The van der Waals surface area contributed by atoms with Crippen molar-refractivity contribution in [3.05, 3.63) is 24.3 Å². The van der Waals surface area contributed by atoms with Crippen LogP contribution in [-0.2, 0) is 19.6 Å². The molecule has 1 fully saturated rings. The van der Waals surface area contributed by atoms with Crippen LogP contribution in [0.3, 0.4) is 0 Å². The van der Waals surface area contributed by atoms with Gasteiger partial charge >= 0.3 is 0 Å². The van der Waals surface area contributed by atoms with Crippen LogP contribution in [0.2, 0.25) is 0 Å². The quantitative estimate of drug-likeness (QED) is 0.798. The summed E-state index contributed by atoms with van der Waals surface area (Å²) in [5, 5.41) is 2.53. The Morgan fingerprint density at radius 2 is 1.89 bits per heavy atom. The number of carbonyl (C=O) groups is 2. The van der Waals surface area contributed by atoms with Crippen LogP contribution in [0.15, 0.2) is 29.2 Å². The van der Waals surface area contributed by atoms with E-state index < -0.39 is 10.0 Å². The Balaban J connectivity index is 1.77. The maximum Gasteiger partial charge on any atom is 0.246 e. The van der Waals surface area contributed by atoms with Gasteiger partial charge in [-0.1, -0.05) is 19.1 Å². The second kappa shape index (κ2) is 8.08. The molecule has 0 unspecified atom stereocenters. The Hall–Kier alpha value is -2.13. The molecule has 2 amide bonds. The molecule has 0 saturated carbocycles. The number of benzene rings is 1. The molecule has 1 aromatic rings. The molecule has 9 heteroatoms. The van der Waals surface area contributed by atoms with Crippen LogP contribution in [-0.4, -0.2) is 68.8 Å². The lowest BCUT2D eigenvalue weighted by atomic mass is 9.78. The van der Waals surface area contributed by atoms with Gasteiger partial charge in [0, 0.05) is 38.5 Å². The van der Waals surface area contributed by atoms with Crippen molar-refractivity contribution in [1.29, 1.82) is 0 Å². The Labute approximate surface area is 165 Å². The summed E-state index contributed by atoms with van der Waals surface area (Å²) in [6.45, 7) is 5.38. The normalized spacial score (nSPS) is 21.1. The number of ether oxygens (including phenoxy) is 1. The van der Waals surface area contributed by atoms with Gasteiger partial charge < -0.3 is 15.0 Å². The minimum Gasteiger partial charge on any atom is -0.492 e. The molecule has 1 aromatic carbocycles. The van der Waals surface area contributed by atoms with Gasteiger partial charge in [-0.3, -0.25) is 9.59 Å². The number of nitrogens with one attached hydrogen (secondary N) is 1. The number of amides is 2. The highest BCUT2D eigenvalue weighted by molar-refractivity contribution is 7.89. The number of hydrogen-bond acceptors (Lipinski definition) is 5. The number of nitrogens with zero attached hydrogens (tertiary/aromatic N) is 2. The zero-order valence-electron chi connectivity index (χ0n) is 16.3. The summed E-state index contributed by atoms with van der Waals surface area (Å²) in [6, 6.07) is 6.73. The van der Waals surface area contributed by atoms with Gasteiger partial charge in [-0.15, -0.1) is 0 Å². The van der Waals surface area contributed by atoms with Gasteiger partial charge in [-0.2, -0.15) is 4.31 Å². The first-order valence-electron chi connectivity index (χ1n) is 9.52. The average molecular weight is 410 g/mol. The summed E-state index contributed by atoms with van der Waals surface area (Å²) in [5.41, 5.74) is -0.346. The first-order chi connectivity index (χ1) is 13.3. The third-order valence-electron chi connectivity index (χ3n) is 5.53. The lowest BCUT2D eigenvalue weighted by molar-refractivity contribution is -0.135. The minimum atomic E-state index is -3.64. The molecule has 0 aliphatic carbocycles. The lowest BCUT2D eigenvalue weighted by Crippen LogP contribution is -2.53. The Bertz CT molecular complexity index is 847. The van der Waals surface area contributed by atoms with E-state index in [1.165, 1.54) is 11.2 Å². The highest BCUT2D eigenvalue weighted by Gasteiger charge is 2.43. The molecular weight excluding hydrogens is 382 g/mol. The van der Waals surface area contributed by atoms with E-state index in [1.54, 1.807) is 29.2 Å². The van der Waals surface area contributed by atoms with Gasteiger partial charge in [0.2, 0.25) is 21.8 Å². The van der Waals surface area contributed by atoms with E-state index >= 15 is 0 Å². The van der Waals surface area contributed by atoms with Gasteiger partial charge in [-0.05, 0) is 25.0 Å². The summed E-state index contributed by atoms with van der Waals surface area (Å²) in [6.07, 6.45) is 1.29. The summed E-state index contributed by atoms with van der Waals surface area (Å²) < 4.78 is 33.7. The van der Waals surface area contributed by atoms with Crippen molar-refractivity contribution in [3.63, 3.8) is 0 Å². The molecule has 28 heavy (non-hydrogen) atoms. The maximum absolute atomic E-state index is 13.1. The number of carbonyl (C=O) groups excluding carboxylic acids is 2. The standard InChI is InChI=1S/C19H27N3O5S/c1-3-22-13-19(8-10-21(11-9-19)18(24)12-20-15(2)23)14-27-16-6-4-5-7-17(16)28(22,25)26/h4-7H,3,8-14H2,1-2H3,(H,20,23). The van der Waals surface area contributed by atoms with Crippen LogP contribution in [0.4, 0.5) is 0 Å². The van der Waals surface area contributed by atoms with Crippen LogP contribution < -0.4 is 10.1 Å². The van der Waals surface area contributed by atoms with Crippen LogP contribution in [0.1, 0.15) is 26.7 Å². The Morgan fingerprint density at radius 1 is 1.21 bits per heavy atom. The molecule has 0 radical (unpaired) electrons. The predicted octanol–water partition coefficient (Wildman–Crippen LogP) is 0.835. The number of hydrogen-bond donors (Lipinski definition) is 1. The van der Waals surface area contributed by atoms with E-state index in [9.17, 15) is 18.0 Å². The molecule has 0 bridgehead atoms. The second-order valence-corrected chi connectivity index (χ2v) is 9.36. The van der Waals surface area contributed by atoms with E-state index in [0.717, 1.165) is 0 Å². The highest BCUT2D eigenvalue weighted by Crippen LogP contribution is 2.39. The van der Waals surface area contributed by atoms with Crippen molar-refractivity contribution in [2.45, 2.75) is 31.6 Å². The van der Waals surface area contributed by atoms with Gasteiger partial charge in [0.05, 0.1) is 13.2 Å². The minimum absolute atomic E-state index is 0.0122. The van der Waals surface area contributed by atoms with Crippen LogP contribution in [0.25, 0.3) is 0 Å². The van der Waals surface area contributed by atoms with Gasteiger partial charge in [0.15, 0.2) is 0 Å². The third kappa shape index (κ3) is 4.15. The molecule has 2 aliphatic heterocycles. The molecule has 0 aromatic heterocycles. The van der Waals surface area contributed by atoms with E-state index in [1.807, 2.05) is 6.92 Å². The fraction of sp³-hybridized carbons (Fsp3) is 0.579. The fourth-order valence-electron chi connectivity index (χ4n) is 3.78. The van der Waals surface area contributed by atoms with Crippen molar-refractivity contribution in [3.8, 4) is 5.75 Å². The first-order valence-corrected chi connectivity index (χ1v) is 11.0. The number of sulfonamides is 1. The zero-order valence-corrected chi connectivity index (χ0v) is 17.1. The first kappa shape index (κ1) is 20.6. The smallest absolute Gasteiger partial charge is 0.246 e. The van der Waals surface area contributed by atoms with Gasteiger partial charge in [0.25, 0.3) is 0 Å².